The number of alkyl carbamates (subject to hydrolysis) is 1. The molecule has 1 unspecified atom stereocenters. The summed E-state index contributed by atoms with van der Waals surface area (Å²) in [6.07, 6.45) is -0.205. The zero-order chi connectivity index (χ0) is 37.9. The molecular formula is C38H42N4O10. The standard InChI is InChI=1S/C38H42N4O10/c1-7-25-18-29(31(43)17-23-11-13-26(14-12-23)34(39)42-37(46)49-8-2)28(19-32(25)48-6)27-15-16-30(35(44)40-20-24-9-10-24)41-33(27)36(45)51-22(5)52-38(47)50-21(3)4/h7,11-16,18-19,21-22,24H,1,8-10,17,20H2,2-6H3,(H,40,44)(H2,39,42,46). The molecule has 1 aliphatic rings. The Bertz CT molecular complexity index is 1850. The number of benzene rings is 2. The summed E-state index contributed by atoms with van der Waals surface area (Å²) >= 11 is 0. The molecule has 1 aromatic heterocycles. The number of pyridine rings is 1. The zero-order valence-corrected chi connectivity index (χ0v) is 29.7. The van der Waals surface area contributed by atoms with Crippen LogP contribution in [0.2, 0.25) is 0 Å². The van der Waals surface area contributed by atoms with Gasteiger partial charge in [-0.3, -0.25) is 20.3 Å². The number of hydrogen-bond donors (Lipinski definition) is 3. The van der Waals surface area contributed by atoms with Gasteiger partial charge in [0, 0.05) is 42.1 Å². The molecule has 14 nitrogen and oxygen atoms in total. The van der Waals surface area contributed by atoms with E-state index in [1.54, 1.807) is 57.2 Å². The van der Waals surface area contributed by atoms with Gasteiger partial charge in [0.05, 0.1) is 19.8 Å². The Hall–Kier alpha value is -6.05. The van der Waals surface area contributed by atoms with Crippen LogP contribution in [0.4, 0.5) is 9.59 Å². The third-order valence-corrected chi connectivity index (χ3v) is 7.73. The Kier molecular flexibility index (Phi) is 13.2. The van der Waals surface area contributed by atoms with Crippen molar-refractivity contribution in [1.29, 1.82) is 5.41 Å². The molecule has 0 aliphatic heterocycles. The van der Waals surface area contributed by atoms with Crippen LogP contribution in [-0.2, 0) is 25.4 Å². The Balaban J connectivity index is 1.72. The van der Waals surface area contributed by atoms with E-state index in [2.05, 4.69) is 22.2 Å². The first-order valence-electron chi connectivity index (χ1n) is 16.7. The lowest BCUT2D eigenvalue weighted by Crippen LogP contribution is -2.31. The fourth-order valence-electron chi connectivity index (χ4n) is 4.99. The summed E-state index contributed by atoms with van der Waals surface area (Å²) < 4.78 is 25.9. The first-order chi connectivity index (χ1) is 24.8. The molecule has 1 aliphatic carbocycles. The predicted octanol–water partition coefficient (Wildman–Crippen LogP) is 6.10. The molecule has 4 rings (SSSR count). The van der Waals surface area contributed by atoms with E-state index in [-0.39, 0.29) is 52.7 Å². The number of nitrogens with zero attached hydrogens (tertiary/aromatic N) is 1. The molecule has 2 amide bonds. The van der Waals surface area contributed by atoms with Crippen molar-refractivity contribution >= 4 is 41.8 Å². The van der Waals surface area contributed by atoms with Gasteiger partial charge >= 0.3 is 18.2 Å². The number of hydrogen-bond acceptors (Lipinski definition) is 12. The lowest BCUT2D eigenvalue weighted by Gasteiger charge is -2.18. The van der Waals surface area contributed by atoms with Crippen LogP contribution in [0.3, 0.4) is 0 Å². The van der Waals surface area contributed by atoms with Gasteiger partial charge in [-0.1, -0.05) is 36.9 Å². The topological polar surface area (TPSA) is 192 Å². The third-order valence-electron chi connectivity index (χ3n) is 7.73. The number of rotatable bonds is 15. The Morgan fingerprint density at radius 2 is 1.69 bits per heavy atom. The van der Waals surface area contributed by atoms with E-state index in [1.165, 1.54) is 32.2 Å². The van der Waals surface area contributed by atoms with Crippen molar-refractivity contribution in [2.45, 2.75) is 59.4 Å². The summed E-state index contributed by atoms with van der Waals surface area (Å²) in [4.78, 5) is 69.0. The van der Waals surface area contributed by atoms with E-state index in [0.29, 0.717) is 34.9 Å². The average Bonchev–Trinajstić information content (AvgIpc) is 3.94. The number of ether oxygens (including phenoxy) is 5. The van der Waals surface area contributed by atoms with Gasteiger partial charge in [0.1, 0.15) is 17.3 Å². The van der Waals surface area contributed by atoms with Gasteiger partial charge < -0.3 is 29.0 Å². The number of amidine groups is 1. The second-order valence-corrected chi connectivity index (χ2v) is 12.1. The van der Waals surface area contributed by atoms with Crippen LogP contribution in [0.5, 0.6) is 5.75 Å². The highest BCUT2D eigenvalue weighted by molar-refractivity contribution is 6.08. The van der Waals surface area contributed by atoms with Crippen LogP contribution >= 0.6 is 0 Å². The van der Waals surface area contributed by atoms with E-state index >= 15 is 0 Å². The number of methoxy groups -OCH3 is 1. The van der Waals surface area contributed by atoms with Gasteiger partial charge in [-0.25, -0.2) is 19.4 Å². The van der Waals surface area contributed by atoms with Crippen LogP contribution < -0.4 is 15.4 Å². The fourth-order valence-corrected chi connectivity index (χ4v) is 4.99. The summed E-state index contributed by atoms with van der Waals surface area (Å²) in [5, 5.41) is 13.3. The monoisotopic (exact) mass is 714 g/mol. The van der Waals surface area contributed by atoms with Gasteiger partial charge in [0.15, 0.2) is 11.5 Å². The van der Waals surface area contributed by atoms with Crippen molar-refractivity contribution in [1.82, 2.24) is 15.6 Å². The molecule has 52 heavy (non-hydrogen) atoms. The second-order valence-electron chi connectivity index (χ2n) is 12.1. The SMILES string of the molecule is C=Cc1cc(C(=O)Cc2ccc(C(=N)NC(=O)OCC)cc2)c(-c2ccc(C(=O)NCC3CC3)nc2C(=O)OC(C)OC(=O)OC(C)C)cc1OC. The van der Waals surface area contributed by atoms with Crippen molar-refractivity contribution in [2.24, 2.45) is 5.92 Å². The number of aromatic nitrogens is 1. The molecule has 0 saturated heterocycles. The summed E-state index contributed by atoms with van der Waals surface area (Å²) in [7, 11) is 1.44. The number of amides is 2. The van der Waals surface area contributed by atoms with Crippen molar-refractivity contribution in [2.75, 3.05) is 20.3 Å². The summed E-state index contributed by atoms with van der Waals surface area (Å²) in [5.41, 5.74) is 1.70. The van der Waals surface area contributed by atoms with Crippen LogP contribution in [0, 0.1) is 11.3 Å². The van der Waals surface area contributed by atoms with E-state index in [1.807, 2.05) is 0 Å². The summed E-state index contributed by atoms with van der Waals surface area (Å²) in [6.45, 7) is 10.7. The maximum atomic E-state index is 14.0. The van der Waals surface area contributed by atoms with Crippen LogP contribution in [0.15, 0.2) is 55.1 Å². The molecular weight excluding hydrogens is 672 g/mol. The van der Waals surface area contributed by atoms with Crippen molar-refractivity contribution in [3.8, 4) is 16.9 Å². The number of nitrogens with one attached hydrogen (secondary N) is 3. The van der Waals surface area contributed by atoms with E-state index in [4.69, 9.17) is 29.1 Å². The first kappa shape index (κ1) is 38.7. The summed E-state index contributed by atoms with van der Waals surface area (Å²) in [6, 6.07) is 12.6. The smallest absolute Gasteiger partial charge is 0.496 e. The molecule has 274 valence electrons. The molecule has 0 bridgehead atoms. The molecule has 0 radical (unpaired) electrons. The largest absolute Gasteiger partial charge is 0.511 e. The number of carbonyl (C=O) groups is 5. The molecule has 3 aromatic rings. The maximum absolute atomic E-state index is 14.0. The van der Waals surface area contributed by atoms with Crippen molar-refractivity contribution in [3.63, 3.8) is 0 Å². The molecule has 0 spiro atoms. The average molecular weight is 715 g/mol. The number of ketones is 1. The van der Waals surface area contributed by atoms with E-state index in [0.717, 1.165) is 12.8 Å². The number of Topliss-reactive ketones (excluding diaryl/α,β-unsaturated/α-hetero) is 1. The van der Waals surface area contributed by atoms with Gasteiger partial charge in [0.2, 0.25) is 6.29 Å². The lowest BCUT2D eigenvalue weighted by atomic mass is 9.90. The molecule has 2 aromatic carbocycles. The predicted molar refractivity (Wildman–Crippen MR) is 190 cm³/mol. The fraction of sp³-hybridized carbons (Fsp3) is 0.342. The van der Waals surface area contributed by atoms with Gasteiger partial charge in [0.25, 0.3) is 5.91 Å². The first-order valence-corrected chi connectivity index (χ1v) is 16.7. The number of carbonyl (C=O) groups excluding carboxylic acids is 5. The quantitative estimate of drug-likeness (QED) is 0.0411. The molecule has 1 fully saturated rings. The van der Waals surface area contributed by atoms with Crippen molar-refractivity contribution < 1.29 is 47.7 Å². The molecule has 14 heteroatoms. The van der Waals surface area contributed by atoms with Crippen LogP contribution in [0.1, 0.15) is 88.6 Å². The van der Waals surface area contributed by atoms with Crippen LogP contribution in [-0.4, -0.2) is 73.4 Å². The third kappa shape index (κ3) is 10.5. The van der Waals surface area contributed by atoms with Gasteiger partial charge in [-0.2, -0.15) is 0 Å². The van der Waals surface area contributed by atoms with Gasteiger partial charge in [-0.05, 0) is 74.9 Å². The molecule has 1 atom stereocenters. The highest BCUT2D eigenvalue weighted by Crippen LogP contribution is 2.35. The lowest BCUT2D eigenvalue weighted by molar-refractivity contribution is -0.0868. The Morgan fingerprint density at radius 1 is 0.981 bits per heavy atom. The number of esters is 1. The van der Waals surface area contributed by atoms with Gasteiger partial charge in [-0.15, -0.1) is 0 Å². The molecule has 3 N–H and O–H groups in total. The highest BCUT2D eigenvalue weighted by Gasteiger charge is 2.28. The minimum absolute atomic E-state index is 0.0604. The maximum Gasteiger partial charge on any atom is 0.511 e. The Morgan fingerprint density at radius 3 is 2.31 bits per heavy atom. The van der Waals surface area contributed by atoms with E-state index in [9.17, 15) is 24.0 Å². The highest BCUT2D eigenvalue weighted by atomic mass is 16.8. The minimum Gasteiger partial charge on any atom is -0.496 e. The van der Waals surface area contributed by atoms with Crippen LogP contribution in [0.25, 0.3) is 17.2 Å². The summed E-state index contributed by atoms with van der Waals surface area (Å²) in [5.74, 6) is -1.31. The normalized spacial score (nSPS) is 12.6. The van der Waals surface area contributed by atoms with E-state index < -0.39 is 36.5 Å². The molecule has 1 saturated carbocycles. The second kappa shape index (κ2) is 17.7. The minimum atomic E-state index is -1.39. The Labute approximate surface area is 301 Å². The zero-order valence-electron chi connectivity index (χ0n) is 29.7. The van der Waals surface area contributed by atoms with Crippen molar-refractivity contribution in [3.05, 3.63) is 88.8 Å². The molecule has 1 heterocycles.